The van der Waals surface area contributed by atoms with Crippen LogP contribution in [-0.2, 0) is 0 Å². The van der Waals surface area contributed by atoms with Crippen molar-refractivity contribution in [1.29, 1.82) is 0 Å². The molecule has 1 aliphatic rings. The van der Waals surface area contributed by atoms with Crippen molar-refractivity contribution in [1.82, 2.24) is 0 Å². The van der Waals surface area contributed by atoms with E-state index in [9.17, 15) is 10.1 Å². The molecule has 0 bridgehead atoms. The molecule has 0 aromatic heterocycles. The van der Waals surface area contributed by atoms with Crippen LogP contribution in [0.1, 0.15) is 11.1 Å². The second-order valence-corrected chi connectivity index (χ2v) is 4.98. The molecule has 0 radical (unpaired) electrons. The minimum Gasteiger partial charge on any atom is -0.493 e. The second-order valence-electron chi connectivity index (χ2n) is 4.98. The van der Waals surface area contributed by atoms with Crippen LogP contribution in [0.4, 0.5) is 5.69 Å². The van der Waals surface area contributed by atoms with Crippen molar-refractivity contribution >= 4 is 17.8 Å². The Labute approximate surface area is 138 Å². The van der Waals surface area contributed by atoms with Gasteiger partial charge in [-0.3, -0.25) is 10.1 Å². The summed E-state index contributed by atoms with van der Waals surface area (Å²) in [4.78, 5) is 10.6. The van der Waals surface area contributed by atoms with Gasteiger partial charge in [-0.15, -0.1) is 0 Å². The molecule has 3 rings (SSSR count). The SMILES string of the molecule is COc1ccc(/C=C\c2cc(OC)c3c(c2)OCO3)cc1[N+](=O)[O-]. The summed E-state index contributed by atoms with van der Waals surface area (Å²) in [6.45, 7) is 0.156. The van der Waals surface area contributed by atoms with Crippen LogP contribution in [0.5, 0.6) is 23.0 Å². The predicted octanol–water partition coefficient (Wildman–Crippen LogP) is 3.51. The molecule has 24 heavy (non-hydrogen) atoms. The fourth-order valence-corrected chi connectivity index (χ4v) is 2.39. The Morgan fingerprint density at radius 1 is 1.04 bits per heavy atom. The van der Waals surface area contributed by atoms with Gasteiger partial charge in [0.25, 0.3) is 0 Å². The van der Waals surface area contributed by atoms with E-state index in [1.54, 1.807) is 25.3 Å². The van der Waals surface area contributed by atoms with Crippen LogP contribution in [0.2, 0.25) is 0 Å². The van der Waals surface area contributed by atoms with Crippen molar-refractivity contribution in [2.75, 3.05) is 21.0 Å². The lowest BCUT2D eigenvalue weighted by molar-refractivity contribution is -0.385. The molecule has 0 N–H and O–H groups in total. The molecule has 1 aliphatic heterocycles. The monoisotopic (exact) mass is 329 g/mol. The highest BCUT2D eigenvalue weighted by molar-refractivity contribution is 5.74. The lowest BCUT2D eigenvalue weighted by Gasteiger charge is -2.06. The van der Waals surface area contributed by atoms with E-state index in [2.05, 4.69) is 0 Å². The number of nitro benzene ring substituents is 1. The Bertz CT molecular complexity index is 815. The average molecular weight is 329 g/mol. The van der Waals surface area contributed by atoms with E-state index in [1.165, 1.54) is 13.2 Å². The van der Waals surface area contributed by atoms with Crippen molar-refractivity contribution in [3.63, 3.8) is 0 Å². The van der Waals surface area contributed by atoms with E-state index in [0.717, 1.165) is 5.56 Å². The maximum absolute atomic E-state index is 11.1. The lowest BCUT2D eigenvalue weighted by Crippen LogP contribution is -1.93. The first-order valence-corrected chi connectivity index (χ1v) is 7.10. The highest BCUT2D eigenvalue weighted by Gasteiger charge is 2.19. The van der Waals surface area contributed by atoms with Gasteiger partial charge in [0, 0.05) is 6.07 Å². The maximum Gasteiger partial charge on any atom is 0.311 e. The molecule has 0 amide bonds. The molecule has 0 saturated carbocycles. The minimum atomic E-state index is -0.472. The molecule has 0 atom stereocenters. The molecule has 0 aliphatic carbocycles. The number of hydrogen-bond acceptors (Lipinski definition) is 6. The smallest absolute Gasteiger partial charge is 0.311 e. The number of methoxy groups -OCH3 is 2. The first-order chi connectivity index (χ1) is 11.6. The topological polar surface area (TPSA) is 80.1 Å². The zero-order valence-electron chi connectivity index (χ0n) is 13.1. The molecule has 0 saturated heterocycles. The highest BCUT2D eigenvalue weighted by Crippen LogP contribution is 2.42. The molecule has 7 nitrogen and oxygen atoms in total. The van der Waals surface area contributed by atoms with E-state index in [4.69, 9.17) is 18.9 Å². The number of benzene rings is 2. The van der Waals surface area contributed by atoms with Crippen molar-refractivity contribution < 1.29 is 23.9 Å². The summed E-state index contributed by atoms with van der Waals surface area (Å²) in [6.07, 6.45) is 3.58. The van der Waals surface area contributed by atoms with E-state index in [-0.39, 0.29) is 18.2 Å². The number of ether oxygens (including phenoxy) is 4. The Kier molecular flexibility index (Phi) is 4.24. The van der Waals surface area contributed by atoms with Crippen molar-refractivity contribution in [3.8, 4) is 23.0 Å². The highest BCUT2D eigenvalue weighted by atomic mass is 16.7. The molecular weight excluding hydrogens is 314 g/mol. The third-order valence-electron chi connectivity index (χ3n) is 3.55. The van der Waals surface area contributed by atoms with Gasteiger partial charge in [0.15, 0.2) is 17.2 Å². The minimum absolute atomic E-state index is 0.0806. The number of fused-ring (bicyclic) bond motifs is 1. The van der Waals surface area contributed by atoms with E-state index in [1.807, 2.05) is 18.2 Å². The van der Waals surface area contributed by atoms with Gasteiger partial charge in [-0.1, -0.05) is 18.2 Å². The van der Waals surface area contributed by atoms with E-state index >= 15 is 0 Å². The van der Waals surface area contributed by atoms with Crippen LogP contribution in [-0.4, -0.2) is 25.9 Å². The molecule has 124 valence electrons. The Morgan fingerprint density at radius 3 is 2.50 bits per heavy atom. The zero-order chi connectivity index (χ0) is 17.1. The molecule has 0 spiro atoms. The van der Waals surface area contributed by atoms with Gasteiger partial charge in [-0.05, 0) is 29.3 Å². The first-order valence-electron chi connectivity index (χ1n) is 7.10. The second kappa shape index (κ2) is 6.49. The largest absolute Gasteiger partial charge is 0.493 e. The zero-order valence-corrected chi connectivity index (χ0v) is 13.1. The van der Waals surface area contributed by atoms with Gasteiger partial charge in [-0.2, -0.15) is 0 Å². The molecule has 7 heteroatoms. The average Bonchev–Trinajstić information content (AvgIpc) is 3.07. The summed E-state index contributed by atoms with van der Waals surface area (Å²) in [5.74, 6) is 1.98. The third-order valence-corrected chi connectivity index (χ3v) is 3.55. The standard InChI is InChI=1S/C17H15NO6/c1-21-14-6-5-11(7-13(14)18(19)20)3-4-12-8-15(22-2)17-16(9-12)23-10-24-17/h3-9H,10H2,1-2H3/b4-3-. The molecule has 2 aromatic carbocycles. The normalized spacial score (nSPS) is 12.4. The third kappa shape index (κ3) is 2.96. The van der Waals surface area contributed by atoms with Crippen LogP contribution >= 0.6 is 0 Å². The van der Waals surface area contributed by atoms with Crippen molar-refractivity contribution in [2.24, 2.45) is 0 Å². The van der Waals surface area contributed by atoms with Gasteiger partial charge in [0.05, 0.1) is 19.1 Å². The summed E-state index contributed by atoms with van der Waals surface area (Å²) < 4.78 is 21.0. The number of nitro groups is 1. The summed E-state index contributed by atoms with van der Waals surface area (Å²) in [5, 5.41) is 11.1. The summed E-state index contributed by atoms with van der Waals surface area (Å²) in [6, 6.07) is 8.39. The predicted molar refractivity (Wildman–Crippen MR) is 87.7 cm³/mol. The van der Waals surface area contributed by atoms with Crippen LogP contribution in [0, 0.1) is 10.1 Å². The fraction of sp³-hybridized carbons (Fsp3) is 0.176. The summed E-state index contributed by atoms with van der Waals surface area (Å²) in [5.41, 5.74) is 1.43. The Morgan fingerprint density at radius 2 is 1.79 bits per heavy atom. The van der Waals surface area contributed by atoms with Gasteiger partial charge in [0.2, 0.25) is 12.5 Å². The van der Waals surface area contributed by atoms with Crippen LogP contribution < -0.4 is 18.9 Å². The van der Waals surface area contributed by atoms with Crippen molar-refractivity contribution in [3.05, 3.63) is 51.6 Å². The molecule has 0 unspecified atom stereocenters. The Hall–Kier alpha value is -3.22. The van der Waals surface area contributed by atoms with E-state index in [0.29, 0.717) is 22.8 Å². The quantitative estimate of drug-likeness (QED) is 0.474. The molecule has 2 aromatic rings. The molecular formula is C17H15NO6. The van der Waals surface area contributed by atoms with Gasteiger partial charge < -0.3 is 18.9 Å². The summed E-state index contributed by atoms with van der Waals surface area (Å²) >= 11 is 0. The molecule has 1 heterocycles. The van der Waals surface area contributed by atoms with Crippen LogP contribution in [0.15, 0.2) is 30.3 Å². The Balaban J connectivity index is 1.91. The molecule has 0 fully saturated rings. The van der Waals surface area contributed by atoms with E-state index < -0.39 is 4.92 Å². The number of hydrogen-bond donors (Lipinski definition) is 0. The number of rotatable bonds is 5. The van der Waals surface area contributed by atoms with Crippen molar-refractivity contribution in [2.45, 2.75) is 0 Å². The van der Waals surface area contributed by atoms with Crippen LogP contribution in [0.3, 0.4) is 0 Å². The first kappa shape index (κ1) is 15.7. The van der Waals surface area contributed by atoms with Crippen LogP contribution in [0.25, 0.3) is 12.2 Å². The fourth-order valence-electron chi connectivity index (χ4n) is 2.39. The maximum atomic E-state index is 11.1. The van der Waals surface area contributed by atoms with Gasteiger partial charge >= 0.3 is 5.69 Å². The lowest BCUT2D eigenvalue weighted by atomic mass is 10.1. The summed E-state index contributed by atoms with van der Waals surface area (Å²) in [7, 11) is 2.95. The number of nitrogens with zero attached hydrogens (tertiary/aromatic N) is 1. The van der Waals surface area contributed by atoms with Gasteiger partial charge in [0.1, 0.15) is 0 Å². The van der Waals surface area contributed by atoms with Gasteiger partial charge in [-0.25, -0.2) is 0 Å².